The van der Waals surface area contributed by atoms with E-state index < -0.39 is 96.5 Å². The molecule has 16 heteroatoms. The molecule has 0 aliphatic carbocycles. The van der Waals surface area contributed by atoms with Gasteiger partial charge in [-0.2, -0.15) is 0 Å². The third kappa shape index (κ3) is 9.70. The Hall–Kier alpha value is -2.82. The van der Waals surface area contributed by atoms with Gasteiger partial charge < -0.3 is 42.6 Å². The lowest BCUT2D eigenvalue weighted by Gasteiger charge is -2.47. The molecule has 0 amide bonds. The van der Waals surface area contributed by atoms with Crippen LogP contribution >= 0.6 is 15.9 Å². The summed E-state index contributed by atoms with van der Waals surface area (Å²) in [4.78, 5) is 71.1. The number of carbonyl (C=O) groups excluding carboxylic acids is 6. The summed E-state index contributed by atoms with van der Waals surface area (Å²) in [5, 5.41) is -0.913. The minimum Gasteiger partial charge on any atom is -0.463 e. The van der Waals surface area contributed by atoms with E-state index in [9.17, 15) is 28.8 Å². The molecule has 9 atom stereocenters. The Morgan fingerprint density at radius 3 is 1.64 bits per heavy atom. The van der Waals surface area contributed by atoms with Gasteiger partial charge in [0.05, 0.1) is 6.61 Å². The van der Waals surface area contributed by atoms with E-state index in [1.165, 1.54) is 0 Å². The van der Waals surface area contributed by atoms with Crippen LogP contribution in [0.1, 0.15) is 41.5 Å². The summed E-state index contributed by atoms with van der Waals surface area (Å²) in [6, 6.07) is 0. The number of halogens is 1. The van der Waals surface area contributed by atoms with Crippen molar-refractivity contribution in [2.75, 3.05) is 13.2 Å². The molecule has 2 aliphatic heterocycles. The Labute approximate surface area is 232 Å². The highest BCUT2D eigenvalue weighted by Crippen LogP contribution is 2.34. The molecule has 220 valence electrons. The van der Waals surface area contributed by atoms with Crippen molar-refractivity contribution in [1.82, 2.24) is 0 Å². The van der Waals surface area contributed by atoms with Crippen LogP contribution in [0.3, 0.4) is 0 Å². The van der Waals surface area contributed by atoms with Crippen molar-refractivity contribution in [3.63, 3.8) is 0 Å². The van der Waals surface area contributed by atoms with E-state index >= 15 is 0 Å². The van der Waals surface area contributed by atoms with E-state index in [1.54, 1.807) is 0 Å². The molecule has 2 heterocycles. The molecule has 0 radical (unpaired) electrons. The molecule has 0 aromatic heterocycles. The predicted molar refractivity (Wildman–Crippen MR) is 127 cm³/mol. The summed E-state index contributed by atoms with van der Waals surface area (Å²) >= 11 is 3.24. The molecule has 0 N–H and O–H groups in total. The molecule has 0 saturated carbocycles. The Kier molecular flexibility index (Phi) is 12.1. The Morgan fingerprint density at radius 1 is 0.641 bits per heavy atom. The average Bonchev–Trinajstić information content (AvgIpc) is 2.79. The minimum absolute atomic E-state index is 0.191. The standard InChI is InChI=1S/C23H31BrO15/c1-9(25)31-7-16-17(34-11(3)27)19(35-12(4)28)21(37-14(6)30)23(38-16)39-18-15(33-10(2)26)8-32-22(24)20(18)36-13(5)29/h15-23H,7-8H2,1-6H3/t15-,16-,17+,18+,19+,20-,21-,22-,23-/m1/s1. The monoisotopic (exact) mass is 626 g/mol. The number of alkyl halides is 1. The van der Waals surface area contributed by atoms with E-state index in [0.29, 0.717) is 0 Å². The van der Waals surface area contributed by atoms with Gasteiger partial charge in [-0.1, -0.05) is 15.9 Å². The summed E-state index contributed by atoms with van der Waals surface area (Å²) < 4.78 is 49.3. The highest BCUT2D eigenvalue weighted by molar-refractivity contribution is 9.09. The Balaban J connectivity index is 2.56. The lowest BCUT2D eigenvalue weighted by Crippen LogP contribution is -2.65. The second-order valence-electron chi connectivity index (χ2n) is 8.57. The van der Waals surface area contributed by atoms with E-state index in [2.05, 4.69) is 15.9 Å². The van der Waals surface area contributed by atoms with Crippen molar-refractivity contribution in [3.8, 4) is 0 Å². The van der Waals surface area contributed by atoms with Crippen LogP contribution in [-0.2, 0) is 71.4 Å². The maximum absolute atomic E-state index is 12.1. The average molecular weight is 627 g/mol. The minimum atomic E-state index is -1.61. The van der Waals surface area contributed by atoms with Gasteiger partial charge in [-0.05, 0) is 0 Å². The van der Waals surface area contributed by atoms with Crippen molar-refractivity contribution in [3.05, 3.63) is 0 Å². The zero-order valence-corrected chi connectivity index (χ0v) is 23.7. The maximum atomic E-state index is 12.1. The summed E-state index contributed by atoms with van der Waals surface area (Å²) in [6.45, 7) is 5.98. The summed E-state index contributed by atoms with van der Waals surface area (Å²) in [7, 11) is 0. The molecule has 15 nitrogen and oxygen atoms in total. The molecule has 0 unspecified atom stereocenters. The fraction of sp³-hybridized carbons (Fsp3) is 0.739. The van der Waals surface area contributed by atoms with Crippen molar-refractivity contribution in [1.29, 1.82) is 0 Å². The molecule has 2 saturated heterocycles. The van der Waals surface area contributed by atoms with E-state index in [-0.39, 0.29) is 6.61 Å². The zero-order chi connectivity index (χ0) is 29.4. The van der Waals surface area contributed by atoms with Gasteiger partial charge in [0.25, 0.3) is 0 Å². The first kappa shape index (κ1) is 32.4. The summed E-state index contributed by atoms with van der Waals surface area (Å²) in [6.07, 6.45) is -10.9. The second-order valence-corrected chi connectivity index (χ2v) is 9.48. The summed E-state index contributed by atoms with van der Waals surface area (Å²) in [5.74, 6) is -4.58. The maximum Gasteiger partial charge on any atom is 0.303 e. The van der Waals surface area contributed by atoms with Crippen molar-refractivity contribution >= 4 is 51.7 Å². The van der Waals surface area contributed by atoms with Crippen LogP contribution in [-0.4, -0.2) is 103 Å². The third-order valence-electron chi connectivity index (χ3n) is 5.23. The number of rotatable bonds is 9. The van der Waals surface area contributed by atoms with Crippen LogP contribution in [0, 0.1) is 0 Å². The third-order valence-corrected chi connectivity index (χ3v) is 6.01. The van der Waals surface area contributed by atoms with Crippen molar-refractivity contribution in [2.24, 2.45) is 0 Å². The first-order chi connectivity index (χ1) is 18.2. The fourth-order valence-corrected chi connectivity index (χ4v) is 4.54. The second kappa shape index (κ2) is 14.5. The molecule has 39 heavy (non-hydrogen) atoms. The Morgan fingerprint density at radius 2 is 1.13 bits per heavy atom. The van der Waals surface area contributed by atoms with Crippen LogP contribution in [0.15, 0.2) is 0 Å². The number of ether oxygens (including phenoxy) is 9. The van der Waals surface area contributed by atoms with Crippen LogP contribution in [0.2, 0.25) is 0 Å². The van der Waals surface area contributed by atoms with E-state index in [4.69, 9.17) is 42.6 Å². The topological polar surface area (TPSA) is 185 Å². The number of esters is 6. The van der Waals surface area contributed by atoms with Gasteiger partial charge in [-0.25, -0.2) is 0 Å². The first-order valence-electron chi connectivity index (χ1n) is 11.8. The quantitative estimate of drug-likeness (QED) is 0.190. The molecule has 2 fully saturated rings. The number of carbonyl (C=O) groups is 6. The largest absolute Gasteiger partial charge is 0.463 e. The number of hydrogen-bond donors (Lipinski definition) is 0. The van der Waals surface area contributed by atoms with Gasteiger partial charge >= 0.3 is 35.8 Å². The lowest BCUT2D eigenvalue weighted by molar-refractivity contribution is -0.335. The fourth-order valence-electron chi connectivity index (χ4n) is 3.98. The van der Waals surface area contributed by atoms with Gasteiger partial charge in [0.1, 0.15) is 18.8 Å². The molecule has 0 spiro atoms. The smallest absolute Gasteiger partial charge is 0.303 e. The molecular formula is C23H31BrO15. The molecular weight excluding hydrogens is 596 g/mol. The highest BCUT2D eigenvalue weighted by Gasteiger charge is 2.55. The lowest BCUT2D eigenvalue weighted by atomic mass is 9.97. The number of hydrogen-bond acceptors (Lipinski definition) is 15. The van der Waals surface area contributed by atoms with Gasteiger partial charge in [-0.3, -0.25) is 28.8 Å². The normalized spacial score (nSPS) is 32.2. The molecule has 2 rings (SSSR count). The first-order valence-corrected chi connectivity index (χ1v) is 12.7. The predicted octanol–water partition coefficient (Wildman–Crippen LogP) is 0.0693. The molecule has 0 aromatic rings. The molecule has 0 aromatic carbocycles. The summed E-state index contributed by atoms with van der Waals surface area (Å²) in [5.41, 5.74) is 0. The highest BCUT2D eigenvalue weighted by atomic mass is 79.9. The zero-order valence-electron chi connectivity index (χ0n) is 22.1. The van der Waals surface area contributed by atoms with Crippen molar-refractivity contribution < 1.29 is 71.4 Å². The van der Waals surface area contributed by atoms with Crippen molar-refractivity contribution in [2.45, 2.75) is 95.6 Å². The van der Waals surface area contributed by atoms with Gasteiger partial charge in [0.15, 0.2) is 41.8 Å². The van der Waals surface area contributed by atoms with Gasteiger partial charge in [-0.15, -0.1) is 0 Å². The van der Waals surface area contributed by atoms with Crippen LogP contribution < -0.4 is 0 Å². The SMILES string of the molecule is CC(=O)OC[C@H]1O[C@H](O[C@@H]2[C@@H](OC(C)=O)[C@H](Br)OC[C@H]2OC(C)=O)[C@H](OC(C)=O)[C@@H](OC(C)=O)[C@H]1OC(C)=O. The molecule has 2 aliphatic rings. The van der Waals surface area contributed by atoms with E-state index in [0.717, 1.165) is 41.5 Å². The van der Waals surface area contributed by atoms with Gasteiger partial charge in [0, 0.05) is 41.5 Å². The van der Waals surface area contributed by atoms with E-state index in [1.807, 2.05) is 0 Å². The van der Waals surface area contributed by atoms with Crippen LogP contribution in [0.4, 0.5) is 0 Å². The van der Waals surface area contributed by atoms with Crippen LogP contribution in [0.5, 0.6) is 0 Å². The van der Waals surface area contributed by atoms with Crippen LogP contribution in [0.25, 0.3) is 0 Å². The van der Waals surface area contributed by atoms with Gasteiger partial charge in [0.2, 0.25) is 0 Å². The Bertz CT molecular complexity index is 938. The molecule has 0 bridgehead atoms.